The molecule has 25 heavy (non-hydrogen) atoms. The van der Waals surface area contributed by atoms with Gasteiger partial charge in [-0.05, 0) is 25.1 Å². The van der Waals surface area contributed by atoms with E-state index in [1.807, 2.05) is 0 Å². The van der Waals surface area contributed by atoms with Crippen LogP contribution >= 0.6 is 12.4 Å². The van der Waals surface area contributed by atoms with E-state index >= 15 is 0 Å². The van der Waals surface area contributed by atoms with Gasteiger partial charge in [-0.25, -0.2) is 8.42 Å². The fourth-order valence-corrected chi connectivity index (χ4v) is 3.90. The van der Waals surface area contributed by atoms with E-state index < -0.39 is 10.0 Å². The zero-order valence-corrected chi connectivity index (χ0v) is 15.9. The van der Waals surface area contributed by atoms with Crippen LogP contribution in [0.15, 0.2) is 23.1 Å². The Hall–Kier alpha value is -1.39. The minimum absolute atomic E-state index is 0. The highest BCUT2D eigenvalue weighted by Crippen LogP contribution is 2.28. The van der Waals surface area contributed by atoms with Crippen molar-refractivity contribution in [3.63, 3.8) is 0 Å². The maximum atomic E-state index is 12.9. The third-order valence-electron chi connectivity index (χ3n) is 3.74. The number of sulfonamides is 1. The summed E-state index contributed by atoms with van der Waals surface area (Å²) in [6, 6.07) is 4.13. The Morgan fingerprint density at radius 3 is 2.60 bits per heavy atom. The first kappa shape index (κ1) is 21.7. The van der Waals surface area contributed by atoms with Crippen LogP contribution in [0.4, 0.5) is 0 Å². The Balaban J connectivity index is 0.00000312. The molecule has 0 aliphatic carbocycles. The summed E-state index contributed by atoms with van der Waals surface area (Å²) in [5.74, 6) is -0.182. The molecule has 0 saturated carbocycles. The van der Waals surface area contributed by atoms with Crippen LogP contribution in [0.2, 0.25) is 0 Å². The van der Waals surface area contributed by atoms with E-state index in [9.17, 15) is 13.2 Å². The molecule has 8 nitrogen and oxygen atoms in total. The van der Waals surface area contributed by atoms with Crippen molar-refractivity contribution in [2.45, 2.75) is 17.9 Å². The zero-order valence-electron chi connectivity index (χ0n) is 14.2. The summed E-state index contributed by atoms with van der Waals surface area (Å²) in [6.07, 6.45) is 0. The summed E-state index contributed by atoms with van der Waals surface area (Å²) >= 11 is 0. The second kappa shape index (κ2) is 9.35. The molecule has 0 radical (unpaired) electrons. The lowest BCUT2D eigenvalue weighted by Crippen LogP contribution is -2.41. The second-order valence-corrected chi connectivity index (χ2v) is 7.40. The Morgan fingerprint density at radius 2 is 2.04 bits per heavy atom. The highest BCUT2D eigenvalue weighted by atomic mass is 35.5. The molecule has 1 heterocycles. The van der Waals surface area contributed by atoms with Crippen molar-refractivity contribution >= 4 is 28.3 Å². The number of carbonyl (C=O) groups is 1. The highest BCUT2D eigenvalue weighted by molar-refractivity contribution is 7.89. The summed E-state index contributed by atoms with van der Waals surface area (Å²) in [6.45, 7) is 3.29. The van der Waals surface area contributed by atoms with Crippen molar-refractivity contribution < 1.29 is 22.7 Å². The predicted octanol–water partition coefficient (Wildman–Crippen LogP) is 0.215. The number of nitrogens with zero attached hydrogens (tertiary/aromatic N) is 1. The Labute approximate surface area is 154 Å². The number of amides is 1. The minimum Gasteiger partial charge on any atom is -0.495 e. The van der Waals surface area contributed by atoms with Crippen molar-refractivity contribution in [2.24, 2.45) is 5.73 Å². The van der Waals surface area contributed by atoms with Crippen LogP contribution in [-0.2, 0) is 14.8 Å². The summed E-state index contributed by atoms with van der Waals surface area (Å²) in [4.78, 5) is 12.2. The van der Waals surface area contributed by atoms with Gasteiger partial charge >= 0.3 is 0 Å². The van der Waals surface area contributed by atoms with Crippen molar-refractivity contribution in [3.05, 3.63) is 23.8 Å². The third kappa shape index (κ3) is 5.05. The lowest BCUT2D eigenvalue weighted by molar-refractivity contribution is 0.0729. The average molecular weight is 394 g/mol. The van der Waals surface area contributed by atoms with Gasteiger partial charge in [-0.15, -0.1) is 12.4 Å². The summed E-state index contributed by atoms with van der Waals surface area (Å²) in [5.41, 5.74) is 5.73. The first-order chi connectivity index (χ1) is 11.4. The van der Waals surface area contributed by atoms with E-state index in [2.05, 4.69) is 5.32 Å². The number of rotatable bonds is 6. The number of ether oxygens (including phenoxy) is 2. The predicted molar refractivity (Wildman–Crippen MR) is 95.8 cm³/mol. The van der Waals surface area contributed by atoms with E-state index in [4.69, 9.17) is 15.2 Å². The van der Waals surface area contributed by atoms with E-state index in [1.54, 1.807) is 6.92 Å². The zero-order chi connectivity index (χ0) is 17.7. The van der Waals surface area contributed by atoms with Crippen LogP contribution in [0.25, 0.3) is 0 Å². The lowest BCUT2D eigenvalue weighted by Gasteiger charge is -2.26. The largest absolute Gasteiger partial charge is 0.495 e. The van der Waals surface area contributed by atoms with E-state index in [0.29, 0.717) is 19.8 Å². The van der Waals surface area contributed by atoms with Gasteiger partial charge < -0.3 is 20.5 Å². The van der Waals surface area contributed by atoms with E-state index in [-0.39, 0.29) is 53.7 Å². The Morgan fingerprint density at radius 1 is 1.40 bits per heavy atom. The second-order valence-electron chi connectivity index (χ2n) is 5.49. The number of nitrogens with two attached hydrogens (primary N) is 1. The molecule has 0 bridgehead atoms. The number of carbonyl (C=O) groups excluding carboxylic acids is 1. The van der Waals surface area contributed by atoms with Gasteiger partial charge in [0.15, 0.2) is 0 Å². The van der Waals surface area contributed by atoms with Gasteiger partial charge in [0.05, 0.1) is 20.3 Å². The number of benzene rings is 1. The van der Waals surface area contributed by atoms with Crippen LogP contribution in [0, 0.1) is 0 Å². The number of hydrogen-bond acceptors (Lipinski definition) is 6. The molecular weight excluding hydrogens is 370 g/mol. The van der Waals surface area contributed by atoms with Crippen LogP contribution in [0.5, 0.6) is 5.75 Å². The molecule has 0 unspecified atom stereocenters. The topological polar surface area (TPSA) is 111 Å². The van der Waals surface area contributed by atoms with Crippen LogP contribution in [0.3, 0.4) is 0 Å². The monoisotopic (exact) mass is 393 g/mol. The summed E-state index contributed by atoms with van der Waals surface area (Å²) in [7, 11) is -2.38. The maximum Gasteiger partial charge on any atom is 0.251 e. The standard InChI is InChI=1S/C15H23N3O5S.ClH/c1-11(10-16)17-15(19)12-3-4-13(22-2)14(9-12)24(20,21)18-5-7-23-8-6-18;/h3-4,9,11H,5-8,10,16H2,1-2H3,(H,17,19);1H/t11-;/m0./s1. The van der Waals surface area contributed by atoms with Gasteiger partial charge in [0.1, 0.15) is 10.6 Å². The molecule has 1 aromatic rings. The molecule has 142 valence electrons. The fraction of sp³-hybridized carbons (Fsp3) is 0.533. The van der Waals surface area contributed by atoms with Crippen LogP contribution < -0.4 is 15.8 Å². The molecule has 1 amide bonds. The molecule has 1 aromatic carbocycles. The minimum atomic E-state index is -3.77. The van der Waals surface area contributed by atoms with Crippen molar-refractivity contribution in [3.8, 4) is 5.75 Å². The van der Waals surface area contributed by atoms with Gasteiger partial charge in [-0.2, -0.15) is 4.31 Å². The maximum absolute atomic E-state index is 12.9. The normalized spacial score (nSPS) is 16.6. The molecular formula is C15H24ClN3O5S. The first-order valence-corrected chi connectivity index (χ1v) is 9.11. The van der Waals surface area contributed by atoms with Gasteiger partial charge in [0.25, 0.3) is 5.91 Å². The number of nitrogens with one attached hydrogen (secondary N) is 1. The first-order valence-electron chi connectivity index (χ1n) is 7.67. The van der Waals surface area contributed by atoms with Crippen molar-refractivity contribution in [1.29, 1.82) is 0 Å². The average Bonchev–Trinajstić information content (AvgIpc) is 2.61. The van der Waals surface area contributed by atoms with Crippen LogP contribution in [0.1, 0.15) is 17.3 Å². The number of halogens is 1. The SMILES string of the molecule is COc1ccc(C(=O)N[C@@H](C)CN)cc1S(=O)(=O)N1CCOCC1.Cl. The smallest absolute Gasteiger partial charge is 0.251 e. The van der Waals surface area contributed by atoms with E-state index in [1.165, 1.54) is 29.6 Å². The fourth-order valence-electron chi connectivity index (χ4n) is 2.31. The number of hydrogen-bond donors (Lipinski definition) is 2. The van der Waals surface area contributed by atoms with E-state index in [0.717, 1.165) is 0 Å². The molecule has 1 atom stereocenters. The molecule has 1 aliphatic heterocycles. The van der Waals surface area contributed by atoms with Gasteiger partial charge in [0, 0.05) is 31.2 Å². The third-order valence-corrected chi connectivity index (χ3v) is 5.66. The molecule has 3 N–H and O–H groups in total. The van der Waals surface area contributed by atoms with Gasteiger partial charge in [-0.1, -0.05) is 0 Å². The Kier molecular flexibility index (Phi) is 8.10. The lowest BCUT2D eigenvalue weighted by atomic mass is 10.2. The molecule has 1 aliphatic rings. The van der Waals surface area contributed by atoms with Crippen molar-refractivity contribution in [2.75, 3.05) is 40.0 Å². The number of morpholine rings is 1. The Bertz CT molecular complexity index is 692. The van der Waals surface area contributed by atoms with Gasteiger partial charge in [0.2, 0.25) is 10.0 Å². The summed E-state index contributed by atoms with van der Waals surface area (Å²) < 4.78 is 37.4. The van der Waals surface area contributed by atoms with Crippen molar-refractivity contribution in [1.82, 2.24) is 9.62 Å². The van der Waals surface area contributed by atoms with Gasteiger partial charge in [-0.3, -0.25) is 4.79 Å². The molecule has 0 spiro atoms. The molecule has 1 fully saturated rings. The molecule has 2 rings (SSSR count). The summed E-state index contributed by atoms with van der Waals surface area (Å²) in [5, 5.41) is 2.71. The van der Waals surface area contributed by atoms with Crippen LogP contribution in [-0.4, -0.2) is 64.6 Å². The quantitative estimate of drug-likeness (QED) is 0.715. The molecule has 1 saturated heterocycles. The number of methoxy groups -OCH3 is 1. The highest BCUT2D eigenvalue weighted by Gasteiger charge is 2.30. The molecule has 0 aromatic heterocycles. The molecule has 10 heteroatoms.